The molecule has 19 heavy (non-hydrogen) atoms. The molecule has 1 aromatic rings. The van der Waals surface area contributed by atoms with Crippen LogP contribution in [0.3, 0.4) is 0 Å². The molecule has 2 aliphatic heterocycles. The predicted molar refractivity (Wildman–Crippen MR) is 75.4 cm³/mol. The number of hydrogen-bond acceptors (Lipinski definition) is 2. The molecule has 2 fully saturated rings. The maximum Gasteiger partial charge on any atom is 0.253 e. The first kappa shape index (κ1) is 11.3. The van der Waals surface area contributed by atoms with Crippen LogP contribution in [0.25, 0.3) is 0 Å². The Morgan fingerprint density at radius 1 is 1.21 bits per heavy atom. The molecule has 0 aromatic heterocycles. The fourth-order valence-electron chi connectivity index (χ4n) is 4.02. The second kappa shape index (κ2) is 4.26. The Labute approximate surface area is 114 Å². The first-order valence-electron chi connectivity index (χ1n) is 7.47. The first-order chi connectivity index (χ1) is 9.31. The van der Waals surface area contributed by atoms with E-state index < -0.39 is 0 Å². The fraction of sp³-hybridized carbons (Fsp3) is 0.562. The monoisotopic (exact) mass is 256 g/mol. The Morgan fingerprint density at radius 2 is 2.00 bits per heavy atom. The van der Waals surface area contributed by atoms with Crippen molar-refractivity contribution in [1.82, 2.24) is 4.90 Å². The fourth-order valence-corrected chi connectivity index (χ4v) is 4.02. The van der Waals surface area contributed by atoms with E-state index in [-0.39, 0.29) is 5.91 Å². The molecule has 4 rings (SSSR count). The highest BCUT2D eigenvalue weighted by Gasteiger charge is 2.38. The van der Waals surface area contributed by atoms with Crippen molar-refractivity contribution in [3.8, 4) is 0 Å². The molecule has 1 saturated carbocycles. The van der Waals surface area contributed by atoms with E-state index in [0.29, 0.717) is 0 Å². The number of nitrogens with one attached hydrogen (secondary N) is 1. The lowest BCUT2D eigenvalue weighted by atomic mass is 10.0. The topological polar surface area (TPSA) is 32.3 Å². The second-order valence-electron chi connectivity index (χ2n) is 6.21. The minimum absolute atomic E-state index is 0.240. The number of anilines is 1. The highest BCUT2D eigenvalue weighted by atomic mass is 16.2. The SMILES string of the molecule is O=C(c1ccc2c(c1)CCN2)N1CC2CCCC2C1. The number of benzene rings is 1. The molecule has 3 aliphatic rings. The molecule has 1 aromatic carbocycles. The molecular weight excluding hydrogens is 236 g/mol. The average molecular weight is 256 g/mol. The van der Waals surface area contributed by atoms with E-state index in [4.69, 9.17) is 0 Å². The van der Waals surface area contributed by atoms with E-state index in [1.54, 1.807) is 0 Å². The molecule has 0 bridgehead atoms. The van der Waals surface area contributed by atoms with Gasteiger partial charge >= 0.3 is 0 Å². The minimum atomic E-state index is 0.240. The molecule has 3 nitrogen and oxygen atoms in total. The van der Waals surface area contributed by atoms with Gasteiger partial charge in [-0.05, 0) is 54.9 Å². The molecule has 100 valence electrons. The van der Waals surface area contributed by atoms with Crippen LogP contribution in [0.4, 0.5) is 5.69 Å². The van der Waals surface area contributed by atoms with Crippen molar-refractivity contribution in [2.75, 3.05) is 25.0 Å². The van der Waals surface area contributed by atoms with Gasteiger partial charge in [0, 0.05) is 30.9 Å². The summed E-state index contributed by atoms with van der Waals surface area (Å²) in [4.78, 5) is 14.7. The first-order valence-corrected chi connectivity index (χ1v) is 7.47. The van der Waals surface area contributed by atoms with Crippen LogP contribution in [-0.2, 0) is 6.42 Å². The third-order valence-electron chi connectivity index (χ3n) is 5.08. The number of carbonyl (C=O) groups excluding carboxylic acids is 1. The van der Waals surface area contributed by atoms with Gasteiger partial charge in [0.05, 0.1) is 0 Å². The summed E-state index contributed by atoms with van der Waals surface area (Å²) >= 11 is 0. The lowest BCUT2D eigenvalue weighted by Crippen LogP contribution is -2.29. The molecule has 1 amide bonds. The summed E-state index contributed by atoms with van der Waals surface area (Å²) in [5.74, 6) is 1.80. The van der Waals surface area contributed by atoms with E-state index in [2.05, 4.69) is 22.3 Å². The highest BCUT2D eigenvalue weighted by Crippen LogP contribution is 2.38. The lowest BCUT2D eigenvalue weighted by molar-refractivity contribution is 0.0780. The number of hydrogen-bond donors (Lipinski definition) is 1. The predicted octanol–water partition coefficient (Wildman–Crippen LogP) is 2.53. The smallest absolute Gasteiger partial charge is 0.253 e. The molecule has 1 N–H and O–H groups in total. The van der Waals surface area contributed by atoms with E-state index >= 15 is 0 Å². The van der Waals surface area contributed by atoms with Crippen molar-refractivity contribution in [3.05, 3.63) is 29.3 Å². The van der Waals surface area contributed by atoms with Crippen molar-refractivity contribution in [3.63, 3.8) is 0 Å². The molecule has 1 saturated heterocycles. The van der Waals surface area contributed by atoms with Crippen molar-refractivity contribution < 1.29 is 4.79 Å². The van der Waals surface area contributed by atoms with Crippen LogP contribution < -0.4 is 5.32 Å². The van der Waals surface area contributed by atoms with Crippen LogP contribution in [0.1, 0.15) is 35.2 Å². The summed E-state index contributed by atoms with van der Waals surface area (Å²) in [5.41, 5.74) is 3.38. The number of carbonyl (C=O) groups is 1. The number of nitrogens with zero attached hydrogens (tertiary/aromatic N) is 1. The van der Waals surface area contributed by atoms with Crippen LogP contribution >= 0.6 is 0 Å². The van der Waals surface area contributed by atoms with Crippen molar-refractivity contribution >= 4 is 11.6 Å². The van der Waals surface area contributed by atoms with Crippen molar-refractivity contribution in [1.29, 1.82) is 0 Å². The van der Waals surface area contributed by atoms with E-state index in [1.807, 2.05) is 6.07 Å². The highest BCUT2D eigenvalue weighted by molar-refractivity contribution is 5.95. The standard InChI is InChI=1S/C16H20N2O/c19-16(18-9-13-2-1-3-14(13)10-18)12-4-5-15-11(8-12)6-7-17-15/h4-5,8,13-14,17H,1-3,6-7,9-10H2. The maximum absolute atomic E-state index is 12.6. The Bertz CT molecular complexity index is 513. The van der Waals surface area contributed by atoms with Crippen LogP contribution in [0, 0.1) is 11.8 Å². The summed E-state index contributed by atoms with van der Waals surface area (Å²) in [6, 6.07) is 6.13. The van der Waals surface area contributed by atoms with E-state index in [9.17, 15) is 4.79 Å². The van der Waals surface area contributed by atoms with Crippen molar-refractivity contribution in [2.45, 2.75) is 25.7 Å². The Hall–Kier alpha value is -1.51. The quantitative estimate of drug-likeness (QED) is 0.837. The Kier molecular flexibility index (Phi) is 2.54. The van der Waals surface area contributed by atoms with Gasteiger partial charge < -0.3 is 10.2 Å². The Morgan fingerprint density at radius 3 is 2.79 bits per heavy atom. The summed E-state index contributed by atoms with van der Waals surface area (Å²) < 4.78 is 0. The summed E-state index contributed by atoms with van der Waals surface area (Å²) in [6.45, 7) is 2.97. The number of amides is 1. The van der Waals surface area contributed by atoms with E-state index in [1.165, 1.54) is 30.5 Å². The summed E-state index contributed by atoms with van der Waals surface area (Å²) in [5, 5.41) is 3.34. The van der Waals surface area contributed by atoms with Gasteiger partial charge in [-0.2, -0.15) is 0 Å². The largest absolute Gasteiger partial charge is 0.384 e. The van der Waals surface area contributed by atoms with Gasteiger partial charge in [0.15, 0.2) is 0 Å². The second-order valence-corrected chi connectivity index (χ2v) is 6.21. The molecule has 3 heteroatoms. The zero-order valence-electron chi connectivity index (χ0n) is 11.2. The molecule has 0 radical (unpaired) electrons. The van der Waals surface area contributed by atoms with Gasteiger partial charge in [-0.3, -0.25) is 4.79 Å². The van der Waals surface area contributed by atoms with Gasteiger partial charge in [0.1, 0.15) is 0 Å². The third-order valence-corrected chi connectivity index (χ3v) is 5.08. The van der Waals surface area contributed by atoms with Crippen LogP contribution in [-0.4, -0.2) is 30.4 Å². The Balaban J connectivity index is 1.54. The van der Waals surface area contributed by atoms with Crippen LogP contribution in [0.15, 0.2) is 18.2 Å². The number of rotatable bonds is 1. The lowest BCUT2D eigenvalue weighted by Gasteiger charge is -2.17. The maximum atomic E-state index is 12.6. The van der Waals surface area contributed by atoms with E-state index in [0.717, 1.165) is 43.5 Å². The minimum Gasteiger partial charge on any atom is -0.384 e. The van der Waals surface area contributed by atoms with Gasteiger partial charge in [-0.15, -0.1) is 0 Å². The molecular formula is C16H20N2O. The third kappa shape index (κ3) is 1.83. The molecule has 0 spiro atoms. The zero-order chi connectivity index (χ0) is 12.8. The van der Waals surface area contributed by atoms with Gasteiger partial charge in [-0.25, -0.2) is 0 Å². The number of fused-ring (bicyclic) bond motifs is 2. The van der Waals surface area contributed by atoms with Crippen LogP contribution in [0.2, 0.25) is 0 Å². The molecule has 2 heterocycles. The van der Waals surface area contributed by atoms with Crippen LogP contribution in [0.5, 0.6) is 0 Å². The molecule has 1 aliphatic carbocycles. The van der Waals surface area contributed by atoms with Gasteiger partial charge in [-0.1, -0.05) is 6.42 Å². The molecule has 2 atom stereocenters. The molecule has 2 unspecified atom stereocenters. The normalized spacial score (nSPS) is 28.1. The summed E-state index contributed by atoms with van der Waals surface area (Å²) in [6.07, 6.45) is 5.05. The van der Waals surface area contributed by atoms with Gasteiger partial charge in [0.2, 0.25) is 0 Å². The van der Waals surface area contributed by atoms with Gasteiger partial charge in [0.25, 0.3) is 5.91 Å². The average Bonchev–Trinajstić information content (AvgIpc) is 3.11. The zero-order valence-corrected chi connectivity index (χ0v) is 11.2. The number of likely N-dealkylation sites (tertiary alicyclic amines) is 1. The van der Waals surface area contributed by atoms with Crippen molar-refractivity contribution in [2.24, 2.45) is 11.8 Å². The summed E-state index contributed by atoms with van der Waals surface area (Å²) in [7, 11) is 0.